The molecule has 90 valence electrons. The summed E-state index contributed by atoms with van der Waals surface area (Å²) < 4.78 is 2.68. The Hall–Kier alpha value is -1.18. The van der Waals surface area contributed by atoms with E-state index < -0.39 is 0 Å². The first-order chi connectivity index (χ1) is 8.11. The van der Waals surface area contributed by atoms with Crippen molar-refractivity contribution in [2.45, 2.75) is 19.8 Å². The number of aromatic nitrogens is 4. The summed E-state index contributed by atoms with van der Waals surface area (Å²) in [4.78, 5) is 8.86. The van der Waals surface area contributed by atoms with Crippen molar-refractivity contribution in [3.05, 3.63) is 21.7 Å². The minimum atomic E-state index is 0.544. The minimum absolute atomic E-state index is 0.544. The van der Waals surface area contributed by atoms with Crippen molar-refractivity contribution < 1.29 is 0 Å². The number of nitrogen functional groups attached to an aromatic ring is 1. The molecular formula is C11H14IN5. The van der Waals surface area contributed by atoms with Crippen LogP contribution in [0.15, 0.2) is 12.4 Å². The largest absolute Gasteiger partial charge is 0.383 e. The molecule has 17 heavy (non-hydrogen) atoms. The van der Waals surface area contributed by atoms with E-state index in [2.05, 4.69) is 44.6 Å². The van der Waals surface area contributed by atoms with Crippen molar-refractivity contribution >= 4 is 28.4 Å². The van der Waals surface area contributed by atoms with Gasteiger partial charge < -0.3 is 5.73 Å². The molecule has 0 aliphatic heterocycles. The minimum Gasteiger partial charge on any atom is -0.383 e. The van der Waals surface area contributed by atoms with Crippen LogP contribution in [0.25, 0.3) is 11.4 Å². The maximum Gasteiger partial charge on any atom is 0.165 e. The van der Waals surface area contributed by atoms with Crippen molar-refractivity contribution in [3.63, 3.8) is 0 Å². The van der Waals surface area contributed by atoms with Crippen LogP contribution in [0, 0.1) is 3.57 Å². The van der Waals surface area contributed by atoms with E-state index in [1.54, 1.807) is 10.9 Å². The molecule has 6 heteroatoms. The molecule has 2 aromatic rings. The van der Waals surface area contributed by atoms with Crippen molar-refractivity contribution in [1.82, 2.24) is 19.7 Å². The Labute approximate surface area is 114 Å². The van der Waals surface area contributed by atoms with Gasteiger partial charge in [-0.15, -0.1) is 0 Å². The van der Waals surface area contributed by atoms with Gasteiger partial charge in [-0.3, -0.25) is 4.68 Å². The molecule has 0 unspecified atom stereocenters. The fourth-order valence-corrected chi connectivity index (χ4v) is 2.09. The number of aryl methyl sites for hydroxylation is 2. The van der Waals surface area contributed by atoms with Crippen LogP contribution in [0.5, 0.6) is 0 Å². The Balaban J connectivity index is 2.48. The summed E-state index contributed by atoms with van der Waals surface area (Å²) in [6.07, 6.45) is 5.59. The summed E-state index contributed by atoms with van der Waals surface area (Å²) in [6, 6.07) is 0. The molecule has 2 aromatic heterocycles. The van der Waals surface area contributed by atoms with Gasteiger partial charge in [0.15, 0.2) is 5.82 Å². The van der Waals surface area contributed by atoms with Gasteiger partial charge in [-0.1, -0.05) is 13.3 Å². The monoisotopic (exact) mass is 343 g/mol. The van der Waals surface area contributed by atoms with Gasteiger partial charge in [-0.05, 0) is 29.0 Å². The van der Waals surface area contributed by atoms with Crippen LogP contribution in [0.2, 0.25) is 0 Å². The van der Waals surface area contributed by atoms with Crippen LogP contribution in [-0.4, -0.2) is 19.7 Å². The average Bonchev–Trinajstić information content (AvgIpc) is 2.71. The summed E-state index contributed by atoms with van der Waals surface area (Å²) in [5.41, 5.74) is 7.82. The molecule has 2 N–H and O–H groups in total. The molecule has 0 aliphatic rings. The Morgan fingerprint density at radius 1 is 1.41 bits per heavy atom. The highest BCUT2D eigenvalue weighted by molar-refractivity contribution is 14.1. The van der Waals surface area contributed by atoms with E-state index in [1.807, 2.05) is 13.2 Å². The van der Waals surface area contributed by atoms with Gasteiger partial charge in [0, 0.05) is 13.2 Å². The predicted octanol–water partition coefficient (Wildman–Crippen LogP) is 2.02. The van der Waals surface area contributed by atoms with E-state index >= 15 is 0 Å². The second kappa shape index (κ2) is 4.99. The van der Waals surface area contributed by atoms with Crippen LogP contribution in [0.4, 0.5) is 5.82 Å². The van der Waals surface area contributed by atoms with E-state index in [-0.39, 0.29) is 0 Å². The maximum atomic E-state index is 5.91. The Morgan fingerprint density at radius 3 is 2.76 bits per heavy atom. The first kappa shape index (κ1) is 12.3. The lowest BCUT2D eigenvalue weighted by molar-refractivity contribution is 0.768. The molecule has 0 atom stereocenters. The molecule has 2 rings (SSSR count). The lowest BCUT2D eigenvalue weighted by atomic mass is 10.2. The van der Waals surface area contributed by atoms with Gasteiger partial charge >= 0.3 is 0 Å². The maximum absolute atomic E-state index is 5.91. The fraction of sp³-hybridized carbons (Fsp3) is 0.364. The normalized spacial score (nSPS) is 10.8. The van der Waals surface area contributed by atoms with Crippen LogP contribution in [0.3, 0.4) is 0 Å². The molecule has 0 saturated carbocycles. The first-order valence-electron chi connectivity index (χ1n) is 5.42. The Kier molecular flexibility index (Phi) is 3.60. The standard InChI is InChI=1S/C11H14IN5/c1-3-4-8-9(12)10(13)16-11(15-8)7-5-14-17(2)6-7/h5-6H,3-4H2,1-2H3,(H2,13,15,16). The van der Waals surface area contributed by atoms with Crippen molar-refractivity contribution in [1.29, 1.82) is 0 Å². The van der Waals surface area contributed by atoms with Gasteiger partial charge in [0.1, 0.15) is 5.82 Å². The second-order valence-electron chi connectivity index (χ2n) is 3.85. The fourth-order valence-electron chi connectivity index (χ4n) is 1.58. The molecule has 0 saturated heterocycles. The molecule has 0 amide bonds. The third-order valence-corrected chi connectivity index (χ3v) is 3.57. The first-order valence-corrected chi connectivity index (χ1v) is 6.50. The number of anilines is 1. The quantitative estimate of drug-likeness (QED) is 0.866. The summed E-state index contributed by atoms with van der Waals surface area (Å²) in [6.45, 7) is 2.12. The highest BCUT2D eigenvalue weighted by Crippen LogP contribution is 2.22. The lowest BCUT2D eigenvalue weighted by Gasteiger charge is -2.06. The smallest absolute Gasteiger partial charge is 0.165 e. The molecule has 0 aliphatic carbocycles. The number of halogens is 1. The highest BCUT2D eigenvalue weighted by Gasteiger charge is 2.11. The summed E-state index contributed by atoms with van der Waals surface area (Å²) in [5.74, 6) is 1.20. The van der Waals surface area contributed by atoms with E-state index in [4.69, 9.17) is 5.73 Å². The molecular weight excluding hydrogens is 329 g/mol. The molecule has 5 nitrogen and oxygen atoms in total. The van der Waals surface area contributed by atoms with Gasteiger partial charge in [-0.2, -0.15) is 5.10 Å². The van der Waals surface area contributed by atoms with E-state index in [1.165, 1.54) is 0 Å². The Morgan fingerprint density at radius 2 is 2.18 bits per heavy atom. The zero-order valence-corrected chi connectivity index (χ0v) is 12.0. The number of hydrogen-bond donors (Lipinski definition) is 1. The molecule has 0 fully saturated rings. The molecule has 2 heterocycles. The van der Waals surface area contributed by atoms with E-state index in [9.17, 15) is 0 Å². The van der Waals surface area contributed by atoms with Gasteiger partial charge in [0.05, 0.1) is 21.0 Å². The second-order valence-corrected chi connectivity index (χ2v) is 4.92. The van der Waals surface area contributed by atoms with Crippen molar-refractivity contribution in [2.75, 3.05) is 5.73 Å². The third kappa shape index (κ3) is 2.56. The van der Waals surface area contributed by atoms with Crippen LogP contribution < -0.4 is 5.73 Å². The average molecular weight is 343 g/mol. The zero-order valence-electron chi connectivity index (χ0n) is 9.81. The SMILES string of the molecule is CCCc1nc(-c2cnn(C)c2)nc(N)c1I. The number of nitrogens with two attached hydrogens (primary N) is 1. The lowest BCUT2D eigenvalue weighted by Crippen LogP contribution is -2.04. The number of nitrogens with zero attached hydrogens (tertiary/aromatic N) is 4. The highest BCUT2D eigenvalue weighted by atomic mass is 127. The van der Waals surface area contributed by atoms with Gasteiger partial charge in [-0.25, -0.2) is 9.97 Å². The van der Waals surface area contributed by atoms with E-state index in [0.717, 1.165) is 27.7 Å². The van der Waals surface area contributed by atoms with E-state index in [0.29, 0.717) is 11.6 Å². The summed E-state index contributed by atoms with van der Waals surface area (Å²) in [7, 11) is 1.87. The molecule has 0 bridgehead atoms. The van der Waals surface area contributed by atoms with Crippen molar-refractivity contribution in [3.8, 4) is 11.4 Å². The summed E-state index contributed by atoms with van der Waals surface area (Å²) in [5, 5.41) is 4.11. The van der Waals surface area contributed by atoms with Crippen LogP contribution in [0.1, 0.15) is 19.0 Å². The van der Waals surface area contributed by atoms with Gasteiger partial charge in [0.25, 0.3) is 0 Å². The molecule has 0 radical (unpaired) electrons. The van der Waals surface area contributed by atoms with Crippen molar-refractivity contribution in [2.24, 2.45) is 7.05 Å². The van der Waals surface area contributed by atoms with Gasteiger partial charge in [0.2, 0.25) is 0 Å². The van der Waals surface area contributed by atoms with Crippen LogP contribution in [-0.2, 0) is 13.5 Å². The molecule has 0 spiro atoms. The Bertz CT molecular complexity index is 535. The number of rotatable bonds is 3. The summed E-state index contributed by atoms with van der Waals surface area (Å²) >= 11 is 2.20. The molecule has 0 aromatic carbocycles. The zero-order chi connectivity index (χ0) is 12.4. The number of hydrogen-bond acceptors (Lipinski definition) is 4. The predicted molar refractivity (Wildman–Crippen MR) is 75.4 cm³/mol. The van der Waals surface area contributed by atoms with Crippen LogP contribution >= 0.6 is 22.6 Å². The topological polar surface area (TPSA) is 69.6 Å². The third-order valence-electron chi connectivity index (χ3n) is 2.40.